The number of piperidine rings is 1. The van der Waals surface area contributed by atoms with Gasteiger partial charge in [-0.2, -0.15) is 0 Å². The van der Waals surface area contributed by atoms with Crippen LogP contribution >= 0.6 is 27.3 Å². The predicted molar refractivity (Wildman–Crippen MR) is 86.5 cm³/mol. The summed E-state index contributed by atoms with van der Waals surface area (Å²) in [5.74, 6) is 0. The second-order valence-corrected chi connectivity index (χ2v) is 11.3. The quantitative estimate of drug-likeness (QED) is 0.805. The summed E-state index contributed by atoms with van der Waals surface area (Å²) in [6.45, 7) is 2.45. The second-order valence-electron chi connectivity index (χ2n) is 5.03. The third kappa shape index (κ3) is 4.26. The van der Waals surface area contributed by atoms with Gasteiger partial charge in [-0.15, -0.1) is 11.3 Å². The van der Waals surface area contributed by atoms with Gasteiger partial charge < -0.3 is 0 Å². The Morgan fingerprint density at radius 1 is 1.29 bits per heavy atom. The molecule has 0 saturated carbocycles. The van der Waals surface area contributed by atoms with E-state index in [0.717, 1.165) is 8.66 Å². The summed E-state index contributed by atoms with van der Waals surface area (Å²) in [4.78, 5) is 1.01. The summed E-state index contributed by atoms with van der Waals surface area (Å²) in [6.07, 6.45) is 2.14. The maximum absolute atomic E-state index is 12.4. The molecule has 1 aliphatic rings. The van der Waals surface area contributed by atoms with Gasteiger partial charge in [0.05, 0.1) is 14.9 Å². The molecule has 1 saturated heterocycles. The number of hydrogen-bond donors (Lipinski definition) is 1. The molecule has 2 heterocycles. The Kier molecular flexibility index (Phi) is 5.16. The predicted octanol–water partition coefficient (Wildman–Crippen LogP) is 1.52. The van der Waals surface area contributed by atoms with Crippen LogP contribution in [0.3, 0.4) is 0 Å². The van der Waals surface area contributed by atoms with Crippen LogP contribution < -0.4 is 4.72 Å². The number of hydrogen-bond acceptors (Lipinski definition) is 5. The van der Waals surface area contributed by atoms with Crippen molar-refractivity contribution in [2.75, 3.05) is 19.3 Å². The summed E-state index contributed by atoms with van der Waals surface area (Å²) in [7, 11) is -6.76. The van der Waals surface area contributed by atoms with Gasteiger partial charge in [-0.3, -0.25) is 0 Å². The van der Waals surface area contributed by atoms with Crippen LogP contribution in [0.4, 0.5) is 0 Å². The highest BCUT2D eigenvalue weighted by Crippen LogP contribution is 2.30. The van der Waals surface area contributed by atoms with Gasteiger partial charge in [-0.1, -0.05) is 0 Å². The molecular weight excluding hydrogens is 400 g/mol. The third-order valence-electron chi connectivity index (χ3n) is 3.38. The molecule has 0 atom stereocenters. The van der Waals surface area contributed by atoms with E-state index in [0.29, 0.717) is 25.9 Å². The maximum atomic E-state index is 12.4. The zero-order chi connectivity index (χ0) is 15.8. The molecule has 0 radical (unpaired) electrons. The van der Waals surface area contributed by atoms with E-state index in [1.165, 1.54) is 21.9 Å². The lowest BCUT2D eigenvalue weighted by Gasteiger charge is -2.30. The van der Waals surface area contributed by atoms with Gasteiger partial charge in [0.15, 0.2) is 0 Å². The fourth-order valence-corrected chi connectivity index (χ4v) is 6.88. The van der Waals surface area contributed by atoms with Crippen molar-refractivity contribution in [1.29, 1.82) is 0 Å². The normalized spacial score (nSPS) is 19.0. The highest BCUT2D eigenvalue weighted by Gasteiger charge is 2.29. The number of nitrogens with one attached hydrogen (secondary N) is 1. The van der Waals surface area contributed by atoms with Crippen LogP contribution in [0.1, 0.15) is 17.7 Å². The molecule has 120 valence electrons. The number of halogens is 1. The van der Waals surface area contributed by atoms with Gasteiger partial charge in [0.2, 0.25) is 20.0 Å². The largest absolute Gasteiger partial charge is 0.241 e. The van der Waals surface area contributed by atoms with Crippen LogP contribution in [0.25, 0.3) is 0 Å². The smallest absolute Gasteiger partial charge is 0.213 e. The van der Waals surface area contributed by atoms with Gasteiger partial charge in [0.25, 0.3) is 0 Å². The molecule has 6 nitrogen and oxygen atoms in total. The van der Waals surface area contributed by atoms with E-state index in [9.17, 15) is 16.8 Å². The first kappa shape index (κ1) is 17.4. The molecule has 21 heavy (non-hydrogen) atoms. The van der Waals surface area contributed by atoms with E-state index in [-0.39, 0.29) is 10.9 Å². The Balaban J connectivity index is 2.05. The lowest BCUT2D eigenvalue weighted by Crippen LogP contribution is -2.46. The highest BCUT2D eigenvalue weighted by molar-refractivity contribution is 9.11. The van der Waals surface area contributed by atoms with Crippen molar-refractivity contribution in [1.82, 2.24) is 9.03 Å². The topological polar surface area (TPSA) is 83.6 Å². The minimum atomic E-state index is -3.56. The van der Waals surface area contributed by atoms with Crippen molar-refractivity contribution >= 4 is 47.3 Å². The Labute approximate surface area is 137 Å². The Hall–Kier alpha value is -0.000000000000000167. The molecule has 0 bridgehead atoms. The van der Waals surface area contributed by atoms with Crippen molar-refractivity contribution in [3.63, 3.8) is 0 Å². The van der Waals surface area contributed by atoms with Crippen molar-refractivity contribution in [3.8, 4) is 0 Å². The number of aryl methyl sites for hydroxylation is 1. The van der Waals surface area contributed by atoms with Crippen molar-refractivity contribution in [3.05, 3.63) is 14.7 Å². The molecule has 0 aromatic carbocycles. The lowest BCUT2D eigenvalue weighted by molar-refractivity contribution is 0.310. The molecule has 1 aromatic rings. The minimum absolute atomic E-state index is 0.230. The average molecular weight is 417 g/mol. The van der Waals surface area contributed by atoms with Gasteiger partial charge in [0, 0.05) is 24.0 Å². The number of sulfonamides is 2. The van der Waals surface area contributed by atoms with Crippen LogP contribution in [0, 0.1) is 6.92 Å². The summed E-state index contributed by atoms with van der Waals surface area (Å²) in [5, 5.41) is 0. The van der Waals surface area contributed by atoms with Crippen molar-refractivity contribution in [2.24, 2.45) is 0 Å². The molecule has 2 rings (SSSR count). The SMILES string of the molecule is Cc1sc(Br)cc1S(=O)(=O)NC1CCN(S(C)(=O)=O)CC1. The van der Waals surface area contributed by atoms with Gasteiger partial charge in [-0.05, 0) is 41.8 Å². The fourth-order valence-electron chi connectivity index (χ4n) is 2.29. The maximum Gasteiger partial charge on any atom is 0.241 e. The Morgan fingerprint density at radius 2 is 1.86 bits per heavy atom. The molecule has 10 heteroatoms. The Morgan fingerprint density at radius 3 is 2.29 bits per heavy atom. The zero-order valence-electron chi connectivity index (χ0n) is 11.7. The number of thiophene rings is 1. The fraction of sp³-hybridized carbons (Fsp3) is 0.636. The monoisotopic (exact) mass is 416 g/mol. The Bertz CT molecular complexity index is 719. The summed E-state index contributed by atoms with van der Waals surface area (Å²) < 4.78 is 52.4. The van der Waals surface area contributed by atoms with E-state index >= 15 is 0 Å². The van der Waals surface area contributed by atoms with Crippen LogP contribution in [-0.2, 0) is 20.0 Å². The molecule has 1 aromatic heterocycles. The molecule has 1 aliphatic heterocycles. The van der Waals surface area contributed by atoms with E-state index < -0.39 is 20.0 Å². The first-order chi connectivity index (χ1) is 9.59. The molecule has 1 N–H and O–H groups in total. The highest BCUT2D eigenvalue weighted by atomic mass is 79.9. The van der Waals surface area contributed by atoms with Crippen LogP contribution in [0.5, 0.6) is 0 Å². The van der Waals surface area contributed by atoms with Crippen LogP contribution in [0.2, 0.25) is 0 Å². The molecule has 0 amide bonds. The average Bonchev–Trinajstić information content (AvgIpc) is 2.68. The standard InChI is InChI=1S/C11H17BrN2O4S3/c1-8-10(7-11(12)19-8)21(17,18)13-9-3-5-14(6-4-9)20(2,15)16/h7,9,13H,3-6H2,1-2H3. The summed E-state index contributed by atoms with van der Waals surface area (Å²) >= 11 is 4.66. The lowest BCUT2D eigenvalue weighted by atomic mass is 10.1. The third-order valence-corrected chi connectivity index (χ3v) is 8.01. The van der Waals surface area contributed by atoms with Crippen LogP contribution in [-0.4, -0.2) is 46.5 Å². The number of nitrogens with zero attached hydrogens (tertiary/aromatic N) is 1. The van der Waals surface area contributed by atoms with Gasteiger partial charge >= 0.3 is 0 Å². The minimum Gasteiger partial charge on any atom is -0.213 e. The molecule has 0 aliphatic carbocycles. The second kappa shape index (κ2) is 6.25. The first-order valence-electron chi connectivity index (χ1n) is 6.33. The van der Waals surface area contributed by atoms with E-state index in [1.807, 2.05) is 0 Å². The number of rotatable bonds is 4. The van der Waals surface area contributed by atoms with Crippen molar-refractivity contribution < 1.29 is 16.8 Å². The molecule has 0 spiro atoms. The molecule has 1 fully saturated rings. The zero-order valence-corrected chi connectivity index (χ0v) is 15.7. The molecular formula is C11H17BrN2O4S3. The van der Waals surface area contributed by atoms with E-state index in [4.69, 9.17) is 0 Å². The van der Waals surface area contributed by atoms with E-state index in [2.05, 4.69) is 20.7 Å². The van der Waals surface area contributed by atoms with Crippen LogP contribution in [0.15, 0.2) is 14.7 Å². The first-order valence-corrected chi connectivity index (χ1v) is 11.3. The summed E-state index contributed by atoms with van der Waals surface area (Å²) in [6, 6.07) is 1.36. The van der Waals surface area contributed by atoms with Gasteiger partial charge in [0.1, 0.15) is 0 Å². The molecule has 0 unspecified atom stereocenters. The van der Waals surface area contributed by atoms with Crippen molar-refractivity contribution in [2.45, 2.75) is 30.7 Å². The summed E-state index contributed by atoms with van der Waals surface area (Å²) in [5.41, 5.74) is 0. The van der Waals surface area contributed by atoms with E-state index in [1.54, 1.807) is 13.0 Å². The van der Waals surface area contributed by atoms with Gasteiger partial charge in [-0.25, -0.2) is 25.9 Å².